The van der Waals surface area contributed by atoms with Gasteiger partial charge in [0.1, 0.15) is 29.6 Å². The van der Waals surface area contributed by atoms with Gasteiger partial charge in [-0.15, -0.1) is 0 Å². The number of rotatable bonds is 12. The van der Waals surface area contributed by atoms with E-state index in [1.807, 2.05) is 6.92 Å². The van der Waals surface area contributed by atoms with E-state index in [0.717, 1.165) is 6.08 Å². The second-order valence-corrected chi connectivity index (χ2v) is 12.6. The third-order valence-corrected chi connectivity index (χ3v) is 8.31. The first-order valence-electron chi connectivity index (χ1n) is 12.3. The average Bonchev–Trinajstić information content (AvgIpc) is 3.06. The van der Waals surface area contributed by atoms with Crippen LogP contribution in [-0.4, -0.2) is 81.2 Å². The number of carbonyl (C=O) groups is 2. The van der Waals surface area contributed by atoms with Crippen molar-refractivity contribution in [3.63, 3.8) is 0 Å². The van der Waals surface area contributed by atoms with Crippen molar-refractivity contribution in [3.05, 3.63) is 42.6 Å². The zero-order valence-electron chi connectivity index (χ0n) is 21.7. The number of hydrogen-bond acceptors (Lipinski definition) is 11. The van der Waals surface area contributed by atoms with Crippen LogP contribution in [0.2, 0.25) is 0 Å². The molecule has 14 heteroatoms. The normalized spacial score (nSPS) is 29.6. The van der Waals surface area contributed by atoms with Crippen LogP contribution in [0.5, 0.6) is 5.75 Å². The van der Waals surface area contributed by atoms with Crippen molar-refractivity contribution in [1.29, 1.82) is 0 Å². The molecule has 1 fully saturated rings. The van der Waals surface area contributed by atoms with Crippen LogP contribution in [-0.2, 0) is 35.4 Å². The zero-order chi connectivity index (χ0) is 28.1. The molecular weight excluding hydrogens is 537 g/mol. The summed E-state index contributed by atoms with van der Waals surface area (Å²) >= 11 is 5.76. The lowest BCUT2D eigenvalue weighted by Crippen LogP contribution is -2.59. The highest BCUT2D eigenvalue weighted by molar-refractivity contribution is 8.09. The van der Waals surface area contributed by atoms with E-state index in [0.29, 0.717) is 18.6 Å². The van der Waals surface area contributed by atoms with Crippen LogP contribution in [0.4, 0.5) is 0 Å². The summed E-state index contributed by atoms with van der Waals surface area (Å²) in [5.41, 5.74) is -1.86. The van der Waals surface area contributed by atoms with Crippen molar-refractivity contribution < 1.29 is 43.4 Å². The van der Waals surface area contributed by atoms with E-state index in [1.54, 1.807) is 44.2 Å². The smallest absolute Gasteiger partial charge is 0.323 e. The van der Waals surface area contributed by atoms with Crippen molar-refractivity contribution in [3.8, 4) is 5.75 Å². The summed E-state index contributed by atoms with van der Waals surface area (Å²) in [5, 5.41) is 37.4. The number of nitrogens with zero attached hydrogens (tertiary/aromatic N) is 1. The molecule has 2 heterocycles. The number of aliphatic hydroxyl groups is 3. The van der Waals surface area contributed by atoms with Gasteiger partial charge in [0.2, 0.25) is 12.3 Å². The predicted octanol–water partition coefficient (Wildman–Crippen LogP) is 1.07. The fraction of sp³-hybridized carbons (Fsp3) is 0.583. The minimum absolute atomic E-state index is 0.316. The summed E-state index contributed by atoms with van der Waals surface area (Å²) in [4.78, 5) is 25.4. The maximum absolute atomic E-state index is 12.8. The number of ether oxygens (including phenoxy) is 2. The number of hydrogen-bond donors (Lipinski definition) is 5. The molecule has 0 aliphatic carbocycles. The summed E-state index contributed by atoms with van der Waals surface area (Å²) in [6, 6.07) is 7.89. The van der Waals surface area contributed by atoms with E-state index >= 15 is 0 Å². The Morgan fingerprint density at radius 3 is 2.61 bits per heavy atom. The van der Waals surface area contributed by atoms with Gasteiger partial charge in [-0.05, 0) is 51.1 Å². The molecule has 0 radical (unpaired) electrons. The first-order valence-corrected chi connectivity index (χ1v) is 15.0. The third-order valence-electron chi connectivity index (χ3n) is 5.88. The summed E-state index contributed by atoms with van der Waals surface area (Å²) in [6.07, 6.45) is -2.10. The molecule has 2 aliphatic rings. The molecule has 1 amide bonds. The molecule has 12 nitrogen and oxygen atoms in total. The molecule has 212 valence electrons. The van der Waals surface area contributed by atoms with E-state index in [9.17, 15) is 24.9 Å². The Balaban J connectivity index is 1.80. The largest absolute Gasteiger partial charge is 0.462 e. The Bertz CT molecular complexity index is 1040. The van der Waals surface area contributed by atoms with Crippen LogP contribution >= 0.6 is 6.64 Å². The topological polar surface area (TPSA) is 159 Å². The van der Waals surface area contributed by atoms with Gasteiger partial charge in [0, 0.05) is 12.3 Å². The number of esters is 1. The molecule has 0 saturated carbocycles. The summed E-state index contributed by atoms with van der Waals surface area (Å²) in [5.74, 6) is -0.607. The summed E-state index contributed by atoms with van der Waals surface area (Å²) in [7, 11) is 0. The fourth-order valence-electron chi connectivity index (χ4n) is 4.01. The molecule has 1 aromatic rings. The van der Waals surface area contributed by atoms with Gasteiger partial charge in [-0.1, -0.05) is 31.5 Å². The maximum Gasteiger partial charge on any atom is 0.323 e. The van der Waals surface area contributed by atoms with Gasteiger partial charge in [-0.3, -0.25) is 9.59 Å². The predicted molar refractivity (Wildman–Crippen MR) is 141 cm³/mol. The summed E-state index contributed by atoms with van der Waals surface area (Å²) < 4.78 is 23.3. The average molecular weight is 574 g/mol. The monoisotopic (exact) mass is 573 g/mol. The zero-order valence-corrected chi connectivity index (χ0v) is 23.4. The molecule has 3 unspecified atom stereocenters. The van der Waals surface area contributed by atoms with Crippen molar-refractivity contribution >= 4 is 30.3 Å². The minimum Gasteiger partial charge on any atom is -0.462 e. The van der Waals surface area contributed by atoms with Crippen LogP contribution in [0, 0.1) is 0 Å². The van der Waals surface area contributed by atoms with Gasteiger partial charge < -0.3 is 44.1 Å². The van der Waals surface area contributed by atoms with Gasteiger partial charge >= 0.3 is 12.6 Å². The number of para-hydroxylation sites is 1. The Labute approximate surface area is 227 Å². The van der Waals surface area contributed by atoms with E-state index in [-0.39, 0.29) is 12.7 Å². The molecule has 38 heavy (non-hydrogen) atoms. The molecule has 1 aromatic carbocycles. The van der Waals surface area contributed by atoms with Crippen LogP contribution in [0.1, 0.15) is 40.5 Å². The van der Waals surface area contributed by atoms with Gasteiger partial charge in [0.25, 0.3) is 0 Å². The molecule has 0 bridgehead atoms. The van der Waals surface area contributed by atoms with Gasteiger partial charge in [0.15, 0.2) is 6.23 Å². The molecule has 2 aliphatic heterocycles. The number of aliphatic hydroxyl groups excluding tert-OH is 2. The molecule has 3 rings (SSSR count). The molecule has 1 saturated heterocycles. The van der Waals surface area contributed by atoms with E-state index < -0.39 is 54.9 Å². The first-order chi connectivity index (χ1) is 17.9. The molecule has 7 atom stereocenters. The van der Waals surface area contributed by atoms with Gasteiger partial charge in [-0.2, -0.15) is 0 Å². The molecule has 0 aromatic heterocycles. The van der Waals surface area contributed by atoms with Crippen molar-refractivity contribution in [2.45, 2.75) is 83.1 Å². The van der Waals surface area contributed by atoms with Crippen molar-refractivity contribution in [2.75, 3.05) is 6.61 Å². The second kappa shape index (κ2) is 12.8. The number of benzene rings is 1. The van der Waals surface area contributed by atoms with Crippen LogP contribution in [0.15, 0.2) is 42.6 Å². The minimum atomic E-state index is -3.44. The van der Waals surface area contributed by atoms with Crippen molar-refractivity contribution in [2.24, 2.45) is 0 Å². The Kier molecular flexibility index (Phi) is 10.3. The lowest BCUT2D eigenvalue weighted by molar-refractivity contribution is -0.173. The van der Waals surface area contributed by atoms with Crippen LogP contribution in [0.3, 0.4) is 0 Å². The van der Waals surface area contributed by atoms with E-state index in [4.69, 9.17) is 30.3 Å². The molecule has 5 N–H and O–H groups in total. The Morgan fingerprint density at radius 2 is 2.00 bits per heavy atom. The molecular formula is C24H36N3O9PS. The maximum atomic E-state index is 12.8. The van der Waals surface area contributed by atoms with E-state index in [2.05, 4.69) is 10.4 Å². The third kappa shape index (κ3) is 7.51. The number of nitrogens with one attached hydrogen (secondary N) is 2. The van der Waals surface area contributed by atoms with Crippen LogP contribution in [0.25, 0.3) is 0 Å². The molecule has 0 spiro atoms. The van der Waals surface area contributed by atoms with Crippen LogP contribution < -0.4 is 14.9 Å². The highest BCUT2D eigenvalue weighted by atomic mass is 32.5. The van der Waals surface area contributed by atoms with Gasteiger partial charge in [-0.25, -0.2) is 5.09 Å². The van der Waals surface area contributed by atoms with Gasteiger partial charge in [0.05, 0.1) is 12.7 Å². The lowest BCUT2D eigenvalue weighted by atomic mass is 9.96. The van der Waals surface area contributed by atoms with Crippen molar-refractivity contribution in [1.82, 2.24) is 15.3 Å². The number of carbonyl (C=O) groups excluding carboxylic acids is 2. The fourth-order valence-corrected chi connectivity index (χ4v) is 6.37. The Hall–Kier alpha value is -2.09. The Morgan fingerprint density at radius 1 is 1.32 bits per heavy atom. The highest BCUT2D eigenvalue weighted by Crippen LogP contribution is 2.47. The second-order valence-electron chi connectivity index (χ2n) is 9.50. The van der Waals surface area contributed by atoms with E-state index in [1.165, 1.54) is 18.0 Å². The number of amides is 1. The lowest BCUT2D eigenvalue weighted by Gasteiger charge is -2.39. The SMILES string of the molecule is CCCC(NP(=S)(OC[C@H]1O[C@@H](N2C=CC(=O)NC2O)[C@](C)(O)[C@@H]1O)Oc1ccccc1)C(=O)OC(C)C. The quantitative estimate of drug-likeness (QED) is 0.179. The highest BCUT2D eigenvalue weighted by Gasteiger charge is 2.55. The first kappa shape index (κ1) is 30.5. The summed E-state index contributed by atoms with van der Waals surface area (Å²) in [6.45, 7) is 2.99. The standard InChI is InChI=1S/C24H36N3O9PS/c1-5-9-17(21(30)34-15(2)3)26-37(38,36-16-10-7-6-8-11-16)33-14-18-20(29)24(4,32)22(35-18)27-13-12-19(28)25-23(27)31/h6-8,10-13,15,17-18,20,22-23,29,31-32H,5,9,14H2,1-4H3,(H,25,28)(H,26,38)/t17?,18-,20-,22-,23?,24-,37?/m1/s1.